The maximum Gasteiger partial charge on any atom is 0.422 e. The van der Waals surface area contributed by atoms with Gasteiger partial charge in [0, 0.05) is 0 Å². The molecule has 3 N–H and O–H groups in total. The molecule has 0 aliphatic heterocycles. The van der Waals surface area contributed by atoms with Crippen molar-refractivity contribution in [3.05, 3.63) is 29.8 Å². The second kappa shape index (κ2) is 5.53. The molecule has 1 aromatic carbocycles. The van der Waals surface area contributed by atoms with Gasteiger partial charge in [0.2, 0.25) is 5.91 Å². The van der Waals surface area contributed by atoms with Gasteiger partial charge in [-0.05, 0) is 17.7 Å². The number of carbonyl (C=O) groups excluding carboxylic acids is 1. The van der Waals surface area contributed by atoms with Crippen LogP contribution in [0, 0.1) is 0 Å². The Morgan fingerprint density at radius 2 is 1.88 bits per heavy atom. The van der Waals surface area contributed by atoms with E-state index in [1.807, 2.05) is 5.43 Å². The number of nitrogens with two attached hydrogens (primary N) is 1. The van der Waals surface area contributed by atoms with E-state index in [-0.39, 0.29) is 18.1 Å². The molecule has 0 saturated heterocycles. The summed E-state index contributed by atoms with van der Waals surface area (Å²) in [5.74, 6) is 4.61. The Hall–Kier alpha value is -1.76. The summed E-state index contributed by atoms with van der Waals surface area (Å²) >= 11 is 0. The van der Waals surface area contributed by atoms with Gasteiger partial charge < -0.3 is 4.74 Å². The Bertz CT molecular complexity index is 376. The van der Waals surface area contributed by atoms with E-state index in [0.717, 1.165) is 0 Å². The summed E-state index contributed by atoms with van der Waals surface area (Å²) in [7, 11) is 0. The van der Waals surface area contributed by atoms with Crippen molar-refractivity contribution in [2.24, 2.45) is 5.84 Å². The van der Waals surface area contributed by atoms with Crippen LogP contribution in [-0.4, -0.2) is 18.7 Å². The third-order valence-corrected chi connectivity index (χ3v) is 1.85. The van der Waals surface area contributed by atoms with E-state index in [9.17, 15) is 18.0 Å². The van der Waals surface area contributed by atoms with Crippen molar-refractivity contribution in [1.29, 1.82) is 0 Å². The smallest absolute Gasteiger partial charge is 0.422 e. The third kappa shape index (κ3) is 5.21. The summed E-state index contributed by atoms with van der Waals surface area (Å²) in [5, 5.41) is 0. The van der Waals surface area contributed by atoms with Gasteiger partial charge in [-0.25, -0.2) is 5.84 Å². The SMILES string of the molecule is NNC(=O)Cc1ccc(OCC(F)(F)F)cc1. The summed E-state index contributed by atoms with van der Waals surface area (Å²) in [6.45, 7) is -1.34. The molecule has 0 unspecified atom stereocenters. The fourth-order valence-corrected chi connectivity index (χ4v) is 1.11. The topological polar surface area (TPSA) is 64.3 Å². The van der Waals surface area contributed by atoms with Gasteiger partial charge in [-0.15, -0.1) is 0 Å². The first kappa shape index (κ1) is 13.3. The number of ether oxygens (including phenoxy) is 1. The van der Waals surface area contributed by atoms with Crippen LogP contribution in [0.3, 0.4) is 0 Å². The molecule has 0 fully saturated rings. The lowest BCUT2D eigenvalue weighted by Gasteiger charge is -2.09. The normalized spacial score (nSPS) is 11.1. The monoisotopic (exact) mass is 248 g/mol. The van der Waals surface area contributed by atoms with Crippen molar-refractivity contribution >= 4 is 5.91 Å². The quantitative estimate of drug-likeness (QED) is 0.477. The van der Waals surface area contributed by atoms with E-state index in [4.69, 9.17) is 5.84 Å². The molecule has 94 valence electrons. The molecule has 0 aromatic heterocycles. The fourth-order valence-electron chi connectivity index (χ4n) is 1.11. The maximum atomic E-state index is 11.8. The molecule has 0 heterocycles. The van der Waals surface area contributed by atoms with Crippen molar-refractivity contribution in [3.63, 3.8) is 0 Å². The number of amides is 1. The highest BCUT2D eigenvalue weighted by molar-refractivity contribution is 5.77. The molecule has 0 atom stereocenters. The van der Waals surface area contributed by atoms with Gasteiger partial charge in [0.1, 0.15) is 5.75 Å². The van der Waals surface area contributed by atoms with E-state index < -0.39 is 12.8 Å². The molecule has 17 heavy (non-hydrogen) atoms. The molecule has 1 aromatic rings. The molecule has 1 amide bonds. The van der Waals surface area contributed by atoms with Crippen LogP contribution in [0.5, 0.6) is 5.75 Å². The lowest BCUT2D eigenvalue weighted by Crippen LogP contribution is -2.31. The Balaban J connectivity index is 2.53. The number of hydrogen-bond acceptors (Lipinski definition) is 3. The number of benzene rings is 1. The second-order valence-electron chi connectivity index (χ2n) is 3.29. The Labute approximate surface area is 95.5 Å². The van der Waals surface area contributed by atoms with E-state index in [2.05, 4.69) is 4.74 Å². The molecule has 7 heteroatoms. The summed E-state index contributed by atoms with van der Waals surface area (Å²) in [4.78, 5) is 10.9. The average Bonchev–Trinajstić information content (AvgIpc) is 2.27. The summed E-state index contributed by atoms with van der Waals surface area (Å²) < 4.78 is 40.0. The highest BCUT2D eigenvalue weighted by Crippen LogP contribution is 2.18. The van der Waals surface area contributed by atoms with Crippen LogP contribution in [0.15, 0.2) is 24.3 Å². The number of halogens is 3. The lowest BCUT2D eigenvalue weighted by molar-refractivity contribution is -0.153. The predicted octanol–water partition coefficient (Wildman–Crippen LogP) is 1.16. The molecule has 0 aliphatic rings. The number of carbonyl (C=O) groups is 1. The molecule has 0 radical (unpaired) electrons. The third-order valence-electron chi connectivity index (χ3n) is 1.85. The molecule has 1 rings (SSSR count). The van der Waals surface area contributed by atoms with Gasteiger partial charge in [0.25, 0.3) is 0 Å². The number of hydrogen-bond donors (Lipinski definition) is 2. The van der Waals surface area contributed by atoms with Crippen molar-refractivity contribution in [1.82, 2.24) is 5.43 Å². The fraction of sp³-hybridized carbons (Fsp3) is 0.300. The number of nitrogens with one attached hydrogen (secondary N) is 1. The van der Waals surface area contributed by atoms with Crippen LogP contribution in [0.2, 0.25) is 0 Å². The molecule has 0 bridgehead atoms. The minimum Gasteiger partial charge on any atom is -0.484 e. The minimum absolute atomic E-state index is 0.0655. The van der Waals surface area contributed by atoms with Crippen LogP contribution >= 0.6 is 0 Å². The number of alkyl halides is 3. The summed E-state index contributed by atoms with van der Waals surface area (Å²) in [5.41, 5.74) is 2.59. The van der Waals surface area contributed by atoms with E-state index in [0.29, 0.717) is 5.56 Å². The second-order valence-corrected chi connectivity index (χ2v) is 3.29. The van der Waals surface area contributed by atoms with Crippen LogP contribution in [-0.2, 0) is 11.2 Å². The zero-order chi connectivity index (χ0) is 12.9. The molecular weight excluding hydrogens is 237 g/mol. The van der Waals surface area contributed by atoms with Crippen molar-refractivity contribution < 1.29 is 22.7 Å². The first-order chi connectivity index (χ1) is 7.90. The van der Waals surface area contributed by atoms with E-state index in [1.165, 1.54) is 24.3 Å². The summed E-state index contributed by atoms with van der Waals surface area (Å²) in [6, 6.07) is 5.73. The highest BCUT2D eigenvalue weighted by atomic mass is 19.4. The van der Waals surface area contributed by atoms with Crippen LogP contribution in [0.25, 0.3) is 0 Å². The van der Waals surface area contributed by atoms with Gasteiger partial charge in [0.05, 0.1) is 6.42 Å². The molecular formula is C10H11F3N2O2. The zero-order valence-electron chi connectivity index (χ0n) is 8.75. The van der Waals surface area contributed by atoms with Crippen LogP contribution in [0.4, 0.5) is 13.2 Å². The molecule has 0 spiro atoms. The Morgan fingerprint density at radius 1 is 1.29 bits per heavy atom. The number of rotatable bonds is 4. The molecule has 0 aliphatic carbocycles. The molecule has 4 nitrogen and oxygen atoms in total. The van der Waals surface area contributed by atoms with Gasteiger partial charge in [-0.1, -0.05) is 12.1 Å². The van der Waals surface area contributed by atoms with E-state index in [1.54, 1.807) is 0 Å². The first-order valence-electron chi connectivity index (χ1n) is 4.68. The predicted molar refractivity (Wildman–Crippen MR) is 54.0 cm³/mol. The minimum atomic E-state index is -4.36. The van der Waals surface area contributed by atoms with Crippen molar-refractivity contribution in [2.45, 2.75) is 12.6 Å². The number of hydrazine groups is 1. The first-order valence-corrected chi connectivity index (χ1v) is 4.68. The highest BCUT2D eigenvalue weighted by Gasteiger charge is 2.28. The Morgan fingerprint density at radius 3 is 2.35 bits per heavy atom. The van der Waals surface area contributed by atoms with Crippen LogP contribution in [0.1, 0.15) is 5.56 Å². The van der Waals surface area contributed by atoms with E-state index >= 15 is 0 Å². The van der Waals surface area contributed by atoms with Crippen LogP contribution < -0.4 is 16.0 Å². The average molecular weight is 248 g/mol. The Kier molecular flexibility index (Phi) is 4.33. The largest absolute Gasteiger partial charge is 0.484 e. The van der Waals surface area contributed by atoms with Crippen molar-refractivity contribution in [2.75, 3.05) is 6.61 Å². The van der Waals surface area contributed by atoms with Gasteiger partial charge in [-0.2, -0.15) is 13.2 Å². The lowest BCUT2D eigenvalue weighted by atomic mass is 10.1. The summed E-state index contributed by atoms with van der Waals surface area (Å²) in [6.07, 6.45) is -4.30. The zero-order valence-corrected chi connectivity index (χ0v) is 8.75. The van der Waals surface area contributed by atoms with Gasteiger partial charge in [-0.3, -0.25) is 10.2 Å². The van der Waals surface area contributed by atoms with Gasteiger partial charge >= 0.3 is 6.18 Å². The standard InChI is InChI=1S/C10H11F3N2O2/c11-10(12,13)6-17-8-3-1-7(2-4-8)5-9(16)15-14/h1-4H,5-6,14H2,(H,15,16). The molecule has 0 saturated carbocycles. The maximum absolute atomic E-state index is 11.8. The van der Waals surface area contributed by atoms with Crippen molar-refractivity contribution in [3.8, 4) is 5.75 Å². The van der Waals surface area contributed by atoms with Gasteiger partial charge in [0.15, 0.2) is 6.61 Å².